The number of aromatic nitrogens is 1. The van der Waals surface area contributed by atoms with Crippen LogP contribution in [0.25, 0.3) is 11.3 Å². The van der Waals surface area contributed by atoms with Crippen LogP contribution in [-0.2, 0) is 9.59 Å². The number of nitrogens with zero attached hydrogens (tertiary/aromatic N) is 1. The molecule has 2 aromatic rings. The van der Waals surface area contributed by atoms with Gasteiger partial charge in [-0.2, -0.15) is 0 Å². The first-order valence-electron chi connectivity index (χ1n) is 6.70. The minimum absolute atomic E-state index is 0.0136. The Hall–Kier alpha value is -1.92. The van der Waals surface area contributed by atoms with Crippen LogP contribution >= 0.6 is 22.9 Å². The van der Waals surface area contributed by atoms with Gasteiger partial charge in [0.05, 0.1) is 5.69 Å². The van der Waals surface area contributed by atoms with Gasteiger partial charge in [-0.1, -0.05) is 23.7 Å². The molecule has 0 fully saturated rings. The Morgan fingerprint density at radius 1 is 1.27 bits per heavy atom. The number of carbonyl (C=O) groups excluding carboxylic acids is 1. The molecule has 2 rings (SSSR count). The zero-order valence-corrected chi connectivity index (χ0v) is 13.5. The van der Waals surface area contributed by atoms with Gasteiger partial charge in [0.1, 0.15) is 0 Å². The van der Waals surface area contributed by atoms with Gasteiger partial charge in [-0.05, 0) is 25.5 Å². The van der Waals surface area contributed by atoms with Crippen LogP contribution in [0.4, 0.5) is 5.13 Å². The van der Waals surface area contributed by atoms with Gasteiger partial charge in [0.2, 0.25) is 5.91 Å². The lowest BCUT2D eigenvalue weighted by atomic mass is 10.1. The zero-order chi connectivity index (χ0) is 16.1. The van der Waals surface area contributed by atoms with Crippen LogP contribution in [0.5, 0.6) is 0 Å². The summed E-state index contributed by atoms with van der Waals surface area (Å²) in [4.78, 5) is 27.6. The molecule has 0 spiro atoms. The molecule has 0 atom stereocenters. The first kappa shape index (κ1) is 16.5. The van der Waals surface area contributed by atoms with E-state index in [1.165, 1.54) is 11.3 Å². The summed E-state index contributed by atoms with van der Waals surface area (Å²) in [6.07, 6.45) is 0.469. The highest BCUT2D eigenvalue weighted by atomic mass is 35.5. The minimum Gasteiger partial charge on any atom is -0.481 e. The number of aryl methyl sites for hydroxylation is 1. The second-order valence-corrected chi connectivity index (χ2v) is 6.37. The number of thiazole rings is 1. The Labute approximate surface area is 137 Å². The van der Waals surface area contributed by atoms with Gasteiger partial charge in [-0.25, -0.2) is 4.98 Å². The van der Waals surface area contributed by atoms with E-state index >= 15 is 0 Å². The molecular weight excluding hydrogens is 324 g/mol. The molecule has 0 saturated heterocycles. The Bertz CT molecular complexity index is 683. The molecule has 1 aromatic carbocycles. The predicted octanol–water partition coefficient (Wildman–Crippen LogP) is 3.97. The fraction of sp³-hybridized carbons (Fsp3) is 0.267. The van der Waals surface area contributed by atoms with Gasteiger partial charge in [-0.3, -0.25) is 9.59 Å². The van der Waals surface area contributed by atoms with Gasteiger partial charge in [-0.15, -0.1) is 11.3 Å². The van der Waals surface area contributed by atoms with E-state index in [1.807, 2.05) is 19.1 Å². The van der Waals surface area contributed by atoms with E-state index in [0.29, 0.717) is 16.6 Å². The van der Waals surface area contributed by atoms with Crippen LogP contribution < -0.4 is 5.32 Å². The Balaban J connectivity index is 2.02. The third-order valence-corrected chi connectivity index (χ3v) is 4.09. The van der Waals surface area contributed by atoms with Crippen molar-refractivity contribution in [3.05, 3.63) is 34.2 Å². The van der Waals surface area contributed by atoms with E-state index in [-0.39, 0.29) is 18.7 Å². The topological polar surface area (TPSA) is 79.3 Å². The lowest BCUT2D eigenvalue weighted by Crippen LogP contribution is -2.11. The molecule has 0 saturated carbocycles. The average molecular weight is 339 g/mol. The number of anilines is 1. The van der Waals surface area contributed by atoms with Crippen molar-refractivity contribution in [2.45, 2.75) is 26.2 Å². The maximum absolute atomic E-state index is 11.7. The number of carboxylic acids is 1. The van der Waals surface area contributed by atoms with Gasteiger partial charge < -0.3 is 10.4 Å². The maximum atomic E-state index is 11.7. The van der Waals surface area contributed by atoms with Crippen molar-refractivity contribution in [1.29, 1.82) is 0 Å². The third kappa shape index (κ3) is 4.54. The second kappa shape index (κ2) is 7.38. The fourth-order valence-corrected chi connectivity index (χ4v) is 2.89. The van der Waals surface area contributed by atoms with Crippen molar-refractivity contribution in [3.8, 4) is 11.3 Å². The van der Waals surface area contributed by atoms with Gasteiger partial charge in [0, 0.05) is 28.3 Å². The molecule has 0 aliphatic rings. The molecule has 7 heteroatoms. The normalized spacial score (nSPS) is 10.5. The largest absolute Gasteiger partial charge is 0.481 e. The molecule has 0 unspecified atom stereocenters. The van der Waals surface area contributed by atoms with Crippen molar-refractivity contribution >= 4 is 39.9 Å². The summed E-state index contributed by atoms with van der Waals surface area (Å²) in [7, 11) is 0. The van der Waals surface area contributed by atoms with Crippen LogP contribution in [0.15, 0.2) is 24.3 Å². The van der Waals surface area contributed by atoms with Gasteiger partial charge in [0.25, 0.3) is 0 Å². The van der Waals surface area contributed by atoms with E-state index in [9.17, 15) is 9.59 Å². The highest BCUT2D eigenvalue weighted by Crippen LogP contribution is 2.31. The predicted molar refractivity (Wildman–Crippen MR) is 87.4 cm³/mol. The standard InChI is InChI=1S/C15H15ClN2O3S/c1-9-14(10-5-7-11(16)8-6-10)18-15(22-9)17-12(19)3-2-4-13(20)21/h5-8H,2-4H2,1H3,(H,20,21)(H,17,18,19). The van der Waals surface area contributed by atoms with E-state index in [4.69, 9.17) is 16.7 Å². The van der Waals surface area contributed by atoms with Crippen molar-refractivity contribution in [1.82, 2.24) is 4.98 Å². The molecule has 0 bridgehead atoms. The summed E-state index contributed by atoms with van der Waals surface area (Å²) < 4.78 is 0. The monoisotopic (exact) mass is 338 g/mol. The summed E-state index contributed by atoms with van der Waals surface area (Å²) in [5.74, 6) is -1.12. The third-order valence-electron chi connectivity index (χ3n) is 2.96. The van der Waals surface area contributed by atoms with Crippen LogP contribution in [0.1, 0.15) is 24.1 Å². The molecule has 1 heterocycles. The van der Waals surface area contributed by atoms with E-state index in [1.54, 1.807) is 12.1 Å². The SMILES string of the molecule is Cc1sc(NC(=O)CCCC(=O)O)nc1-c1ccc(Cl)cc1. The summed E-state index contributed by atoms with van der Waals surface area (Å²) in [5.41, 5.74) is 1.74. The fourth-order valence-electron chi connectivity index (χ4n) is 1.91. The number of carbonyl (C=O) groups is 2. The van der Waals surface area contributed by atoms with E-state index in [2.05, 4.69) is 10.3 Å². The molecule has 1 amide bonds. The van der Waals surface area contributed by atoms with Crippen molar-refractivity contribution < 1.29 is 14.7 Å². The van der Waals surface area contributed by atoms with Gasteiger partial charge >= 0.3 is 5.97 Å². The number of aliphatic carboxylic acids is 1. The van der Waals surface area contributed by atoms with Gasteiger partial charge in [0.15, 0.2) is 5.13 Å². The van der Waals surface area contributed by atoms with Crippen molar-refractivity contribution in [3.63, 3.8) is 0 Å². The number of halogens is 1. The molecule has 1 aromatic heterocycles. The molecular formula is C15H15ClN2O3S. The van der Waals surface area contributed by atoms with Crippen LogP contribution in [0.3, 0.4) is 0 Å². The molecule has 116 valence electrons. The molecule has 22 heavy (non-hydrogen) atoms. The molecule has 0 aliphatic carbocycles. The molecule has 0 radical (unpaired) electrons. The smallest absolute Gasteiger partial charge is 0.303 e. The number of hydrogen-bond acceptors (Lipinski definition) is 4. The number of nitrogens with one attached hydrogen (secondary N) is 1. The quantitative estimate of drug-likeness (QED) is 0.835. The van der Waals surface area contributed by atoms with Crippen LogP contribution in [0, 0.1) is 6.92 Å². The minimum atomic E-state index is -0.900. The molecule has 2 N–H and O–H groups in total. The van der Waals surface area contributed by atoms with Crippen molar-refractivity contribution in [2.75, 3.05) is 5.32 Å². The lowest BCUT2D eigenvalue weighted by molar-refractivity contribution is -0.137. The van der Waals surface area contributed by atoms with Crippen LogP contribution in [-0.4, -0.2) is 22.0 Å². The number of carboxylic acid groups (broad SMARTS) is 1. The number of rotatable bonds is 6. The second-order valence-electron chi connectivity index (χ2n) is 4.73. The first-order chi connectivity index (χ1) is 10.5. The summed E-state index contributed by atoms with van der Waals surface area (Å²) >= 11 is 7.26. The van der Waals surface area contributed by atoms with Crippen molar-refractivity contribution in [2.24, 2.45) is 0 Å². The Morgan fingerprint density at radius 3 is 2.59 bits per heavy atom. The van der Waals surface area contributed by atoms with E-state index in [0.717, 1.165) is 16.1 Å². The summed E-state index contributed by atoms with van der Waals surface area (Å²) in [5, 5.41) is 12.4. The number of hydrogen-bond donors (Lipinski definition) is 2. The van der Waals surface area contributed by atoms with Crippen LogP contribution in [0.2, 0.25) is 5.02 Å². The number of benzene rings is 1. The summed E-state index contributed by atoms with van der Waals surface area (Å²) in [6, 6.07) is 7.34. The highest BCUT2D eigenvalue weighted by molar-refractivity contribution is 7.16. The average Bonchev–Trinajstić information content (AvgIpc) is 2.80. The zero-order valence-electron chi connectivity index (χ0n) is 11.9. The first-order valence-corrected chi connectivity index (χ1v) is 7.90. The maximum Gasteiger partial charge on any atom is 0.303 e. The molecule has 5 nitrogen and oxygen atoms in total. The number of amides is 1. The highest BCUT2D eigenvalue weighted by Gasteiger charge is 2.12. The lowest BCUT2D eigenvalue weighted by Gasteiger charge is -2.00. The Kier molecular flexibility index (Phi) is 5.51. The summed E-state index contributed by atoms with van der Waals surface area (Å²) in [6.45, 7) is 1.93. The Morgan fingerprint density at radius 2 is 1.95 bits per heavy atom. The van der Waals surface area contributed by atoms with E-state index < -0.39 is 5.97 Å². The molecule has 0 aliphatic heterocycles.